The summed E-state index contributed by atoms with van der Waals surface area (Å²) in [5, 5.41) is 6.73. The van der Waals surface area contributed by atoms with Crippen molar-refractivity contribution in [1.29, 1.82) is 0 Å². The number of hydrogen-bond donors (Lipinski definition) is 2. The third-order valence-electron chi connectivity index (χ3n) is 3.70. The van der Waals surface area contributed by atoms with E-state index in [0.717, 1.165) is 24.6 Å². The number of ether oxygens (including phenoxy) is 2. The van der Waals surface area contributed by atoms with Crippen molar-refractivity contribution in [2.24, 2.45) is 5.92 Å². The van der Waals surface area contributed by atoms with E-state index in [1.165, 1.54) is 11.1 Å². The Labute approximate surface area is 109 Å². The lowest BCUT2D eigenvalue weighted by molar-refractivity contribution is 0.266. The first kappa shape index (κ1) is 13.2. The Morgan fingerprint density at radius 1 is 1.22 bits per heavy atom. The van der Waals surface area contributed by atoms with Crippen LogP contribution in [0.5, 0.6) is 11.5 Å². The normalized spacial score (nSPS) is 17.1. The van der Waals surface area contributed by atoms with E-state index < -0.39 is 0 Å². The molecule has 0 bridgehead atoms. The van der Waals surface area contributed by atoms with Gasteiger partial charge in [-0.05, 0) is 37.2 Å². The molecule has 1 heterocycles. The van der Waals surface area contributed by atoms with Crippen molar-refractivity contribution in [3.63, 3.8) is 0 Å². The minimum atomic E-state index is 0.367. The van der Waals surface area contributed by atoms with E-state index in [9.17, 15) is 0 Å². The standard InChI is InChI=1S/C14H22N2O2/c1-9-5-12(17-3)13(18-4)6-11(9)14(15-2)10-7-16-8-10/h5-6,10,14-16H,7-8H2,1-4H3. The van der Waals surface area contributed by atoms with E-state index in [0.29, 0.717) is 12.0 Å². The first-order chi connectivity index (χ1) is 8.71. The first-order valence-electron chi connectivity index (χ1n) is 6.31. The van der Waals surface area contributed by atoms with Crippen LogP contribution in [0.25, 0.3) is 0 Å². The number of nitrogens with one attached hydrogen (secondary N) is 2. The highest BCUT2D eigenvalue weighted by Crippen LogP contribution is 2.35. The number of methoxy groups -OCH3 is 2. The van der Waals surface area contributed by atoms with Crippen LogP contribution in [0.4, 0.5) is 0 Å². The van der Waals surface area contributed by atoms with Gasteiger partial charge in [-0.1, -0.05) is 0 Å². The number of rotatable bonds is 5. The predicted octanol–water partition coefficient (Wildman–Crippen LogP) is 1.49. The fraction of sp³-hybridized carbons (Fsp3) is 0.571. The minimum Gasteiger partial charge on any atom is -0.493 e. The van der Waals surface area contributed by atoms with Crippen molar-refractivity contribution in [2.75, 3.05) is 34.4 Å². The molecular weight excluding hydrogens is 228 g/mol. The maximum atomic E-state index is 5.39. The van der Waals surface area contributed by atoms with Crippen molar-refractivity contribution in [3.8, 4) is 11.5 Å². The Balaban J connectivity index is 2.36. The Morgan fingerprint density at radius 3 is 2.28 bits per heavy atom. The van der Waals surface area contributed by atoms with Gasteiger partial charge in [-0.2, -0.15) is 0 Å². The summed E-state index contributed by atoms with van der Waals surface area (Å²) < 4.78 is 10.7. The van der Waals surface area contributed by atoms with E-state index in [-0.39, 0.29) is 0 Å². The molecule has 18 heavy (non-hydrogen) atoms. The van der Waals surface area contributed by atoms with Crippen LogP contribution in [-0.2, 0) is 0 Å². The largest absolute Gasteiger partial charge is 0.493 e. The lowest BCUT2D eigenvalue weighted by Gasteiger charge is -2.35. The average Bonchev–Trinajstić information content (AvgIpc) is 2.33. The molecule has 1 aromatic carbocycles. The number of benzene rings is 1. The van der Waals surface area contributed by atoms with Gasteiger partial charge in [-0.15, -0.1) is 0 Å². The smallest absolute Gasteiger partial charge is 0.161 e. The van der Waals surface area contributed by atoms with Crippen LogP contribution < -0.4 is 20.1 Å². The van der Waals surface area contributed by atoms with Crippen molar-refractivity contribution in [1.82, 2.24) is 10.6 Å². The van der Waals surface area contributed by atoms with Crippen LogP contribution in [0.1, 0.15) is 17.2 Å². The highest BCUT2D eigenvalue weighted by molar-refractivity contribution is 5.48. The molecule has 1 unspecified atom stereocenters. The molecular formula is C14H22N2O2. The van der Waals surface area contributed by atoms with Crippen molar-refractivity contribution in [3.05, 3.63) is 23.3 Å². The second-order valence-electron chi connectivity index (χ2n) is 4.75. The molecule has 0 spiro atoms. The van der Waals surface area contributed by atoms with Gasteiger partial charge in [0.15, 0.2) is 11.5 Å². The van der Waals surface area contributed by atoms with Crippen molar-refractivity contribution >= 4 is 0 Å². The molecule has 0 aromatic heterocycles. The van der Waals surface area contributed by atoms with Crippen LogP contribution >= 0.6 is 0 Å². The molecule has 2 N–H and O–H groups in total. The van der Waals surface area contributed by atoms with Gasteiger partial charge in [0.1, 0.15) is 0 Å². The number of hydrogen-bond acceptors (Lipinski definition) is 4. The molecule has 0 radical (unpaired) electrons. The summed E-state index contributed by atoms with van der Waals surface area (Å²) in [7, 11) is 5.36. The second kappa shape index (κ2) is 5.59. The molecule has 0 amide bonds. The lowest BCUT2D eigenvalue weighted by atomic mass is 9.86. The van der Waals surface area contributed by atoms with E-state index >= 15 is 0 Å². The molecule has 1 aliphatic heterocycles. The van der Waals surface area contributed by atoms with Gasteiger partial charge in [0.2, 0.25) is 0 Å². The summed E-state index contributed by atoms with van der Waals surface area (Å²) in [5.74, 6) is 2.23. The quantitative estimate of drug-likeness (QED) is 0.831. The molecule has 0 saturated carbocycles. The first-order valence-corrected chi connectivity index (χ1v) is 6.31. The molecule has 2 rings (SSSR count). The highest BCUT2D eigenvalue weighted by Gasteiger charge is 2.28. The Bertz CT molecular complexity index is 417. The molecule has 0 aliphatic carbocycles. The second-order valence-corrected chi connectivity index (χ2v) is 4.75. The van der Waals surface area contributed by atoms with E-state index in [1.54, 1.807) is 14.2 Å². The van der Waals surface area contributed by atoms with Gasteiger partial charge in [-0.25, -0.2) is 0 Å². The zero-order valence-corrected chi connectivity index (χ0v) is 11.5. The van der Waals surface area contributed by atoms with Crippen LogP contribution in [0.2, 0.25) is 0 Å². The van der Waals surface area contributed by atoms with Crippen molar-refractivity contribution < 1.29 is 9.47 Å². The SMILES string of the molecule is CNC(c1cc(OC)c(OC)cc1C)C1CNC1. The molecule has 100 valence electrons. The summed E-state index contributed by atoms with van der Waals surface area (Å²) in [5.41, 5.74) is 2.53. The molecule has 1 aliphatic rings. The maximum absolute atomic E-state index is 5.39. The molecule has 1 atom stereocenters. The van der Waals surface area contributed by atoms with E-state index in [1.807, 2.05) is 13.1 Å². The maximum Gasteiger partial charge on any atom is 0.161 e. The Hall–Kier alpha value is -1.26. The van der Waals surface area contributed by atoms with Gasteiger partial charge >= 0.3 is 0 Å². The highest BCUT2D eigenvalue weighted by atomic mass is 16.5. The van der Waals surface area contributed by atoms with Crippen molar-refractivity contribution in [2.45, 2.75) is 13.0 Å². The van der Waals surface area contributed by atoms with Crippen LogP contribution in [0.15, 0.2) is 12.1 Å². The Morgan fingerprint density at radius 2 is 1.83 bits per heavy atom. The fourth-order valence-electron chi connectivity index (χ4n) is 2.52. The summed E-state index contributed by atoms with van der Waals surface area (Å²) >= 11 is 0. The third-order valence-corrected chi connectivity index (χ3v) is 3.70. The zero-order chi connectivity index (χ0) is 13.1. The monoisotopic (exact) mass is 250 g/mol. The molecule has 1 fully saturated rings. The molecule has 4 nitrogen and oxygen atoms in total. The summed E-state index contributed by atoms with van der Waals surface area (Å²) in [4.78, 5) is 0. The van der Waals surface area contributed by atoms with Crippen LogP contribution in [-0.4, -0.2) is 34.4 Å². The molecule has 1 saturated heterocycles. The topological polar surface area (TPSA) is 42.5 Å². The van der Waals surface area contributed by atoms with E-state index in [2.05, 4.69) is 23.6 Å². The Kier molecular flexibility index (Phi) is 4.09. The van der Waals surface area contributed by atoms with Gasteiger partial charge < -0.3 is 20.1 Å². The number of aryl methyl sites for hydroxylation is 1. The van der Waals surface area contributed by atoms with Gasteiger partial charge in [0.05, 0.1) is 14.2 Å². The minimum absolute atomic E-state index is 0.367. The van der Waals surface area contributed by atoms with Gasteiger partial charge in [0, 0.05) is 25.0 Å². The summed E-state index contributed by atoms with van der Waals surface area (Å²) in [6.07, 6.45) is 0. The molecule has 1 aromatic rings. The zero-order valence-electron chi connectivity index (χ0n) is 11.5. The van der Waals surface area contributed by atoms with Crippen LogP contribution in [0.3, 0.4) is 0 Å². The molecule has 4 heteroatoms. The third kappa shape index (κ3) is 2.31. The van der Waals surface area contributed by atoms with Gasteiger partial charge in [0.25, 0.3) is 0 Å². The van der Waals surface area contributed by atoms with Gasteiger partial charge in [-0.3, -0.25) is 0 Å². The van der Waals surface area contributed by atoms with Crippen LogP contribution in [0, 0.1) is 12.8 Å². The summed E-state index contributed by atoms with van der Waals surface area (Å²) in [6, 6.07) is 4.50. The average molecular weight is 250 g/mol. The predicted molar refractivity (Wildman–Crippen MR) is 72.4 cm³/mol. The summed E-state index contributed by atoms with van der Waals surface area (Å²) in [6.45, 7) is 4.26. The lowest BCUT2D eigenvalue weighted by Crippen LogP contribution is -2.48. The van der Waals surface area contributed by atoms with E-state index in [4.69, 9.17) is 9.47 Å². The fourth-order valence-corrected chi connectivity index (χ4v) is 2.52.